The molecule has 0 N–H and O–H groups in total. The second kappa shape index (κ2) is 10.2. The molecule has 0 bridgehead atoms. The number of ketones is 1. The minimum Gasteiger partial charge on any atom is -0.495 e. The smallest absolute Gasteiger partial charge is 0.173 e. The molecule has 1 heterocycles. The van der Waals surface area contributed by atoms with Crippen molar-refractivity contribution in [3.63, 3.8) is 0 Å². The summed E-state index contributed by atoms with van der Waals surface area (Å²) in [6.45, 7) is 0.228. The molecule has 8 heteroatoms. The minimum absolute atomic E-state index is 0.00278. The summed E-state index contributed by atoms with van der Waals surface area (Å²) in [5.41, 5.74) is 3.91. The van der Waals surface area contributed by atoms with E-state index in [1.807, 2.05) is 12.1 Å². The highest BCUT2D eigenvalue weighted by molar-refractivity contribution is 9.11. The SMILES string of the molecule is COc1cc(OC)c(Br)c(CC2COc3c(cc(CBr)cc3-c3ccc(F)cc3)C2=O)c1Br. The van der Waals surface area contributed by atoms with Gasteiger partial charge in [0.2, 0.25) is 0 Å². The molecule has 3 aromatic rings. The molecule has 3 aromatic carbocycles. The van der Waals surface area contributed by atoms with E-state index < -0.39 is 5.92 Å². The van der Waals surface area contributed by atoms with E-state index in [4.69, 9.17) is 14.2 Å². The van der Waals surface area contributed by atoms with Gasteiger partial charge >= 0.3 is 0 Å². The number of fused-ring (bicyclic) bond motifs is 1. The van der Waals surface area contributed by atoms with Crippen LogP contribution in [0.15, 0.2) is 51.4 Å². The number of benzene rings is 3. The maximum absolute atomic E-state index is 13.6. The van der Waals surface area contributed by atoms with Crippen LogP contribution in [0.3, 0.4) is 0 Å². The second-order valence-corrected chi connectivity index (χ2v) is 9.77. The number of ether oxygens (including phenoxy) is 3. The van der Waals surface area contributed by atoms with Crippen molar-refractivity contribution in [1.29, 1.82) is 0 Å². The van der Waals surface area contributed by atoms with E-state index in [1.54, 1.807) is 32.4 Å². The van der Waals surface area contributed by atoms with E-state index in [2.05, 4.69) is 47.8 Å². The number of methoxy groups -OCH3 is 2. The highest BCUT2D eigenvalue weighted by atomic mass is 79.9. The largest absolute Gasteiger partial charge is 0.495 e. The zero-order chi connectivity index (χ0) is 23.7. The Morgan fingerprint density at radius 1 is 1.00 bits per heavy atom. The lowest BCUT2D eigenvalue weighted by Crippen LogP contribution is -2.30. The standard InChI is InChI=1S/C25H20Br3FO4/c1-31-20-10-21(32-2)23(28)18(22(20)27)9-15-12-33-25-17(14-3-5-16(29)6-4-14)7-13(11-26)8-19(25)24(15)30/h3-8,10,15H,9,11-12H2,1-2H3. The monoisotopic (exact) mass is 640 g/mol. The molecule has 0 saturated heterocycles. The number of hydrogen-bond donors (Lipinski definition) is 0. The summed E-state index contributed by atoms with van der Waals surface area (Å²) >= 11 is 10.7. The van der Waals surface area contributed by atoms with E-state index in [0.717, 1.165) is 31.2 Å². The van der Waals surface area contributed by atoms with Crippen LogP contribution in [0.4, 0.5) is 4.39 Å². The van der Waals surface area contributed by atoms with Gasteiger partial charge in [0.1, 0.15) is 23.1 Å². The van der Waals surface area contributed by atoms with Crippen molar-refractivity contribution < 1.29 is 23.4 Å². The van der Waals surface area contributed by atoms with Crippen molar-refractivity contribution in [1.82, 2.24) is 0 Å². The highest BCUT2D eigenvalue weighted by Gasteiger charge is 2.33. The zero-order valence-electron chi connectivity index (χ0n) is 17.9. The van der Waals surface area contributed by atoms with Gasteiger partial charge in [-0.1, -0.05) is 28.1 Å². The molecule has 1 aliphatic heterocycles. The molecule has 1 atom stereocenters. The summed E-state index contributed by atoms with van der Waals surface area (Å²) in [6, 6.07) is 11.8. The van der Waals surface area contributed by atoms with Crippen LogP contribution in [0.25, 0.3) is 11.1 Å². The first kappa shape index (κ1) is 24.2. The molecule has 0 saturated carbocycles. The summed E-state index contributed by atoms with van der Waals surface area (Å²) in [4.78, 5) is 13.6. The van der Waals surface area contributed by atoms with Gasteiger partial charge in [-0.2, -0.15) is 0 Å². The molecule has 4 rings (SSSR count). The van der Waals surface area contributed by atoms with E-state index in [0.29, 0.717) is 34.6 Å². The van der Waals surface area contributed by atoms with Crippen LogP contribution in [0.1, 0.15) is 21.5 Å². The Labute approximate surface area is 216 Å². The average molecular weight is 643 g/mol. The summed E-state index contributed by atoms with van der Waals surface area (Å²) in [7, 11) is 3.17. The molecular formula is C25H20Br3FO4. The number of Topliss-reactive ketones (excluding diaryl/α,β-unsaturated/α-hetero) is 1. The second-order valence-electron chi connectivity index (χ2n) is 7.62. The predicted octanol–water partition coefficient (Wildman–Crippen LogP) is 7.36. The first-order chi connectivity index (χ1) is 15.9. The Morgan fingerprint density at radius 3 is 2.18 bits per heavy atom. The zero-order valence-corrected chi connectivity index (χ0v) is 22.6. The van der Waals surface area contributed by atoms with Gasteiger partial charge < -0.3 is 14.2 Å². The van der Waals surface area contributed by atoms with Crippen molar-refractivity contribution in [2.24, 2.45) is 5.92 Å². The Kier molecular flexibility index (Phi) is 7.46. The van der Waals surface area contributed by atoms with Crippen molar-refractivity contribution in [2.75, 3.05) is 20.8 Å². The summed E-state index contributed by atoms with van der Waals surface area (Å²) < 4.78 is 32.1. The Morgan fingerprint density at radius 2 is 1.61 bits per heavy atom. The number of halogens is 4. The van der Waals surface area contributed by atoms with Crippen LogP contribution in [0.2, 0.25) is 0 Å². The van der Waals surface area contributed by atoms with Gasteiger partial charge in [-0.3, -0.25) is 4.79 Å². The van der Waals surface area contributed by atoms with E-state index in [9.17, 15) is 9.18 Å². The van der Waals surface area contributed by atoms with Crippen LogP contribution < -0.4 is 14.2 Å². The minimum atomic E-state index is -0.395. The lowest BCUT2D eigenvalue weighted by molar-refractivity contribution is 0.0830. The Balaban J connectivity index is 1.74. The number of hydrogen-bond acceptors (Lipinski definition) is 4. The van der Waals surface area contributed by atoms with E-state index in [-0.39, 0.29) is 18.2 Å². The first-order valence-electron chi connectivity index (χ1n) is 10.1. The van der Waals surface area contributed by atoms with Crippen molar-refractivity contribution >= 4 is 53.6 Å². The normalized spacial score (nSPS) is 15.1. The van der Waals surface area contributed by atoms with Crippen LogP contribution in [-0.2, 0) is 11.8 Å². The van der Waals surface area contributed by atoms with Gasteiger partial charge in [-0.05, 0) is 79.2 Å². The lowest BCUT2D eigenvalue weighted by Gasteiger charge is -2.28. The van der Waals surface area contributed by atoms with Gasteiger partial charge in [0.05, 0.1) is 41.3 Å². The highest BCUT2D eigenvalue weighted by Crippen LogP contribution is 2.44. The summed E-state index contributed by atoms with van der Waals surface area (Å²) in [5.74, 6) is 1.07. The molecule has 0 radical (unpaired) electrons. The van der Waals surface area contributed by atoms with Crippen LogP contribution in [0, 0.1) is 11.7 Å². The third-order valence-electron chi connectivity index (χ3n) is 5.64. The Bertz CT molecular complexity index is 1180. The molecule has 0 aromatic heterocycles. The Hall–Kier alpha value is -1.90. The molecule has 1 unspecified atom stereocenters. The quantitative estimate of drug-likeness (QED) is 0.264. The number of carbonyl (C=O) groups is 1. The van der Waals surface area contributed by atoms with Crippen molar-refractivity contribution in [3.8, 4) is 28.4 Å². The van der Waals surface area contributed by atoms with Crippen LogP contribution in [-0.4, -0.2) is 26.6 Å². The van der Waals surface area contributed by atoms with Crippen molar-refractivity contribution in [3.05, 3.63) is 73.9 Å². The molecule has 1 aliphatic rings. The van der Waals surface area contributed by atoms with Gasteiger partial charge in [0.15, 0.2) is 5.78 Å². The number of rotatable bonds is 6. The van der Waals surface area contributed by atoms with E-state index in [1.165, 1.54) is 12.1 Å². The number of carbonyl (C=O) groups excluding carboxylic acids is 1. The topological polar surface area (TPSA) is 44.8 Å². The molecule has 0 fully saturated rings. The fourth-order valence-corrected chi connectivity index (χ4v) is 5.80. The molecule has 4 nitrogen and oxygen atoms in total. The van der Waals surface area contributed by atoms with Crippen LogP contribution in [0.5, 0.6) is 17.2 Å². The molecule has 0 spiro atoms. The summed E-state index contributed by atoms with van der Waals surface area (Å²) in [6.07, 6.45) is 0.428. The molecule has 172 valence electrons. The maximum atomic E-state index is 13.6. The molecule has 33 heavy (non-hydrogen) atoms. The number of alkyl halides is 1. The van der Waals surface area contributed by atoms with Crippen LogP contribution >= 0.6 is 47.8 Å². The maximum Gasteiger partial charge on any atom is 0.173 e. The van der Waals surface area contributed by atoms with Gasteiger partial charge in [-0.25, -0.2) is 4.39 Å². The fourth-order valence-electron chi connectivity index (χ4n) is 3.94. The van der Waals surface area contributed by atoms with Gasteiger partial charge in [0, 0.05) is 17.0 Å². The third-order valence-corrected chi connectivity index (χ3v) is 8.02. The molecular weight excluding hydrogens is 623 g/mol. The summed E-state index contributed by atoms with van der Waals surface area (Å²) in [5, 5.41) is 0.580. The molecule has 0 amide bonds. The van der Waals surface area contributed by atoms with Gasteiger partial charge in [-0.15, -0.1) is 0 Å². The lowest BCUT2D eigenvalue weighted by atomic mass is 9.86. The fraction of sp³-hybridized carbons (Fsp3) is 0.240. The predicted molar refractivity (Wildman–Crippen MR) is 136 cm³/mol. The van der Waals surface area contributed by atoms with Gasteiger partial charge in [0.25, 0.3) is 0 Å². The van der Waals surface area contributed by atoms with E-state index >= 15 is 0 Å². The molecule has 0 aliphatic carbocycles. The van der Waals surface area contributed by atoms with Crippen molar-refractivity contribution in [2.45, 2.75) is 11.8 Å². The average Bonchev–Trinajstić information content (AvgIpc) is 2.83. The third kappa shape index (κ3) is 4.70. The first-order valence-corrected chi connectivity index (χ1v) is 12.8.